The molecule has 1 aromatic rings. The molecule has 0 atom stereocenters. The van der Waals surface area contributed by atoms with Crippen molar-refractivity contribution in [1.29, 1.82) is 0 Å². The second kappa shape index (κ2) is 5.98. The number of nitrogens with zero attached hydrogens (tertiary/aromatic N) is 1. The number of benzene rings is 1. The van der Waals surface area contributed by atoms with E-state index in [9.17, 15) is 18.4 Å². The Bertz CT molecular complexity index is 524. The molecule has 110 valence electrons. The van der Waals surface area contributed by atoms with Crippen molar-refractivity contribution < 1.29 is 18.4 Å². The molecular formula is C14H18F2N2O2. The van der Waals surface area contributed by atoms with Gasteiger partial charge in [-0.25, -0.2) is 8.78 Å². The fourth-order valence-electron chi connectivity index (χ4n) is 1.64. The summed E-state index contributed by atoms with van der Waals surface area (Å²) in [6.07, 6.45) is 0. The molecule has 1 aromatic carbocycles. The second-order valence-corrected chi connectivity index (χ2v) is 5.50. The van der Waals surface area contributed by atoms with Crippen molar-refractivity contribution in [2.45, 2.75) is 33.2 Å². The minimum atomic E-state index is -1.06. The highest BCUT2D eigenvalue weighted by Crippen LogP contribution is 2.18. The summed E-state index contributed by atoms with van der Waals surface area (Å²) in [5.74, 6) is -2.88. The third-order valence-corrected chi connectivity index (χ3v) is 2.41. The SMILES string of the molecule is CC(=O)N(CC(=O)NC(C)(C)C)c1ccc(F)c(F)c1. The predicted octanol–water partition coefficient (Wildman–Crippen LogP) is 2.23. The first-order valence-corrected chi connectivity index (χ1v) is 6.14. The molecule has 0 aliphatic heterocycles. The standard InChI is InChI=1S/C14H18F2N2O2/c1-9(19)18(8-13(20)17-14(2,3)4)10-5-6-11(15)12(16)7-10/h5-7H,8H2,1-4H3,(H,17,20). The quantitative estimate of drug-likeness (QED) is 0.925. The highest BCUT2D eigenvalue weighted by molar-refractivity contribution is 5.97. The van der Waals surface area contributed by atoms with Crippen LogP contribution in [0.4, 0.5) is 14.5 Å². The number of hydrogen-bond donors (Lipinski definition) is 1. The maximum Gasteiger partial charge on any atom is 0.240 e. The van der Waals surface area contributed by atoms with E-state index in [0.717, 1.165) is 17.0 Å². The van der Waals surface area contributed by atoms with Gasteiger partial charge in [-0.2, -0.15) is 0 Å². The molecule has 4 nitrogen and oxygen atoms in total. The van der Waals surface area contributed by atoms with E-state index in [1.165, 1.54) is 13.0 Å². The maximum absolute atomic E-state index is 13.2. The summed E-state index contributed by atoms with van der Waals surface area (Å²) in [4.78, 5) is 24.5. The number of carbonyl (C=O) groups is 2. The molecule has 0 heterocycles. The fraction of sp³-hybridized carbons (Fsp3) is 0.429. The van der Waals surface area contributed by atoms with Crippen LogP contribution in [0.5, 0.6) is 0 Å². The molecule has 0 aromatic heterocycles. The zero-order valence-corrected chi connectivity index (χ0v) is 12.0. The zero-order valence-electron chi connectivity index (χ0n) is 12.0. The molecule has 0 radical (unpaired) electrons. The van der Waals surface area contributed by atoms with Crippen molar-refractivity contribution in [1.82, 2.24) is 5.32 Å². The summed E-state index contributed by atoms with van der Waals surface area (Å²) in [5, 5.41) is 2.70. The number of hydrogen-bond acceptors (Lipinski definition) is 2. The Balaban J connectivity index is 2.92. The van der Waals surface area contributed by atoms with Gasteiger partial charge in [0.25, 0.3) is 0 Å². The van der Waals surface area contributed by atoms with Crippen LogP contribution in [-0.2, 0) is 9.59 Å². The molecule has 0 saturated carbocycles. The lowest BCUT2D eigenvalue weighted by molar-refractivity contribution is -0.124. The molecule has 20 heavy (non-hydrogen) atoms. The molecule has 0 fully saturated rings. The van der Waals surface area contributed by atoms with Gasteiger partial charge in [-0.15, -0.1) is 0 Å². The molecule has 1 rings (SSSR count). The Hall–Kier alpha value is -1.98. The molecule has 0 aliphatic rings. The average Bonchev–Trinajstić information content (AvgIpc) is 2.27. The predicted molar refractivity (Wildman–Crippen MR) is 72.3 cm³/mol. The molecule has 0 saturated heterocycles. The van der Waals surface area contributed by atoms with Crippen LogP contribution in [0.3, 0.4) is 0 Å². The lowest BCUT2D eigenvalue weighted by Crippen LogP contribution is -2.47. The van der Waals surface area contributed by atoms with Gasteiger partial charge >= 0.3 is 0 Å². The van der Waals surface area contributed by atoms with Gasteiger partial charge in [0, 0.05) is 24.2 Å². The van der Waals surface area contributed by atoms with Crippen LogP contribution in [0.25, 0.3) is 0 Å². The van der Waals surface area contributed by atoms with E-state index in [1.54, 1.807) is 20.8 Å². The van der Waals surface area contributed by atoms with E-state index < -0.39 is 23.1 Å². The summed E-state index contributed by atoms with van der Waals surface area (Å²) in [7, 11) is 0. The lowest BCUT2D eigenvalue weighted by Gasteiger charge is -2.25. The number of rotatable bonds is 3. The average molecular weight is 284 g/mol. The smallest absolute Gasteiger partial charge is 0.240 e. The third-order valence-electron chi connectivity index (χ3n) is 2.41. The van der Waals surface area contributed by atoms with Crippen molar-refractivity contribution in [3.63, 3.8) is 0 Å². The van der Waals surface area contributed by atoms with E-state index in [0.29, 0.717) is 0 Å². The highest BCUT2D eigenvalue weighted by atomic mass is 19.2. The molecular weight excluding hydrogens is 266 g/mol. The van der Waals surface area contributed by atoms with Gasteiger partial charge in [0.15, 0.2) is 11.6 Å². The molecule has 0 spiro atoms. The number of halogens is 2. The van der Waals surface area contributed by atoms with Crippen molar-refractivity contribution in [2.24, 2.45) is 0 Å². The summed E-state index contributed by atoms with van der Waals surface area (Å²) >= 11 is 0. The topological polar surface area (TPSA) is 49.4 Å². The molecule has 6 heteroatoms. The Morgan fingerprint density at radius 1 is 1.20 bits per heavy atom. The molecule has 0 aliphatic carbocycles. The van der Waals surface area contributed by atoms with Gasteiger partial charge in [-0.1, -0.05) is 0 Å². The van der Waals surface area contributed by atoms with E-state index >= 15 is 0 Å². The van der Waals surface area contributed by atoms with Crippen molar-refractivity contribution >= 4 is 17.5 Å². The van der Waals surface area contributed by atoms with Crippen LogP contribution < -0.4 is 10.2 Å². The fourth-order valence-corrected chi connectivity index (χ4v) is 1.64. The van der Waals surface area contributed by atoms with Crippen LogP contribution in [0, 0.1) is 11.6 Å². The minimum Gasteiger partial charge on any atom is -0.350 e. The summed E-state index contributed by atoms with van der Waals surface area (Å²) in [6.45, 7) is 6.42. The lowest BCUT2D eigenvalue weighted by atomic mass is 10.1. The van der Waals surface area contributed by atoms with Crippen molar-refractivity contribution in [3.05, 3.63) is 29.8 Å². The van der Waals surface area contributed by atoms with E-state index in [4.69, 9.17) is 0 Å². The molecule has 1 N–H and O–H groups in total. The highest BCUT2D eigenvalue weighted by Gasteiger charge is 2.20. The number of carbonyl (C=O) groups excluding carboxylic acids is 2. The first kappa shape index (κ1) is 16.1. The Kier molecular flexibility index (Phi) is 4.81. The second-order valence-electron chi connectivity index (χ2n) is 5.50. The Labute approximate surface area is 116 Å². The zero-order chi connectivity index (χ0) is 15.5. The van der Waals surface area contributed by atoms with Crippen molar-refractivity contribution in [3.8, 4) is 0 Å². The van der Waals surface area contributed by atoms with Gasteiger partial charge in [-0.3, -0.25) is 9.59 Å². The maximum atomic E-state index is 13.2. The van der Waals surface area contributed by atoms with Crippen LogP contribution in [0.15, 0.2) is 18.2 Å². The monoisotopic (exact) mass is 284 g/mol. The van der Waals surface area contributed by atoms with Crippen LogP contribution >= 0.6 is 0 Å². The molecule has 0 unspecified atom stereocenters. The third kappa shape index (κ3) is 4.60. The van der Waals surface area contributed by atoms with Gasteiger partial charge < -0.3 is 10.2 Å². The van der Waals surface area contributed by atoms with Crippen LogP contribution in [0.2, 0.25) is 0 Å². The van der Waals surface area contributed by atoms with Crippen molar-refractivity contribution in [2.75, 3.05) is 11.4 Å². The minimum absolute atomic E-state index is 0.139. The Morgan fingerprint density at radius 3 is 2.25 bits per heavy atom. The van der Waals surface area contributed by atoms with Gasteiger partial charge in [0.05, 0.1) is 0 Å². The normalized spacial score (nSPS) is 11.1. The first-order chi connectivity index (χ1) is 9.10. The number of anilines is 1. The van der Waals surface area contributed by atoms with E-state index in [1.807, 2.05) is 0 Å². The van der Waals surface area contributed by atoms with E-state index in [2.05, 4.69) is 5.32 Å². The molecule has 0 bridgehead atoms. The van der Waals surface area contributed by atoms with Crippen LogP contribution in [0.1, 0.15) is 27.7 Å². The summed E-state index contributed by atoms with van der Waals surface area (Å²) < 4.78 is 26.1. The van der Waals surface area contributed by atoms with Gasteiger partial charge in [0.1, 0.15) is 6.54 Å². The number of nitrogens with one attached hydrogen (secondary N) is 1. The summed E-state index contributed by atoms with van der Waals surface area (Å²) in [5.41, 5.74) is -0.298. The van der Waals surface area contributed by atoms with Gasteiger partial charge in [0.2, 0.25) is 11.8 Å². The van der Waals surface area contributed by atoms with Crippen LogP contribution in [-0.4, -0.2) is 23.9 Å². The Morgan fingerprint density at radius 2 is 1.80 bits per heavy atom. The first-order valence-electron chi connectivity index (χ1n) is 6.14. The molecule has 2 amide bonds. The largest absolute Gasteiger partial charge is 0.350 e. The summed E-state index contributed by atoms with van der Waals surface area (Å²) in [6, 6.07) is 3.06. The van der Waals surface area contributed by atoms with E-state index in [-0.39, 0.29) is 18.1 Å². The van der Waals surface area contributed by atoms with Gasteiger partial charge in [-0.05, 0) is 32.9 Å². The number of amides is 2.